The van der Waals surface area contributed by atoms with Crippen LogP contribution in [-0.2, 0) is 14.8 Å². The summed E-state index contributed by atoms with van der Waals surface area (Å²) >= 11 is 5.20. The molecule has 21 heavy (non-hydrogen) atoms. The molecular weight excluding hydrogens is 308 g/mol. The molecule has 3 N–H and O–H groups in total. The first-order valence-electron chi connectivity index (χ1n) is 7.80. The number of rotatable bonds is 5. The molecule has 0 spiro atoms. The first-order chi connectivity index (χ1) is 9.89. The Morgan fingerprint density at radius 2 is 1.86 bits per heavy atom. The van der Waals surface area contributed by atoms with E-state index in [0.29, 0.717) is 44.8 Å². The first-order valence-corrected chi connectivity index (χ1v) is 9.75. The van der Waals surface area contributed by atoms with Crippen LogP contribution in [0.25, 0.3) is 0 Å². The lowest BCUT2D eigenvalue weighted by molar-refractivity contribution is 0.0979. The molecule has 0 aromatic heterocycles. The Kier molecular flexibility index (Phi) is 5.62. The average molecular weight is 335 g/mol. The zero-order chi connectivity index (χ0) is 15.5. The Bertz CT molecular complexity index is 465. The summed E-state index contributed by atoms with van der Waals surface area (Å²) in [6.07, 6.45) is 5.58. The zero-order valence-corrected chi connectivity index (χ0v) is 14.3. The largest absolute Gasteiger partial charge is 0.392 e. The second-order valence-corrected chi connectivity index (χ2v) is 8.66. The van der Waals surface area contributed by atoms with E-state index in [2.05, 4.69) is 11.6 Å². The summed E-state index contributed by atoms with van der Waals surface area (Å²) in [5.41, 5.74) is 5.18. The third-order valence-corrected chi connectivity index (χ3v) is 7.37. The van der Waals surface area contributed by atoms with Gasteiger partial charge < -0.3 is 10.5 Å². The van der Waals surface area contributed by atoms with Crippen LogP contribution in [0, 0.1) is 5.92 Å². The summed E-state index contributed by atoms with van der Waals surface area (Å²) in [7, 11) is -3.41. The molecule has 2 aliphatic rings. The third kappa shape index (κ3) is 3.94. The van der Waals surface area contributed by atoms with Crippen LogP contribution in [0.5, 0.6) is 0 Å². The summed E-state index contributed by atoms with van der Waals surface area (Å²) in [6, 6.07) is 0. The summed E-state index contributed by atoms with van der Waals surface area (Å²) in [6.45, 7) is 3.18. The molecule has 2 fully saturated rings. The fourth-order valence-electron chi connectivity index (χ4n) is 3.32. The predicted molar refractivity (Wildman–Crippen MR) is 87.7 cm³/mol. The molecule has 0 unspecified atom stereocenters. The van der Waals surface area contributed by atoms with E-state index in [1.807, 2.05) is 0 Å². The molecule has 0 amide bonds. The normalized spacial score (nSPS) is 32.0. The van der Waals surface area contributed by atoms with Crippen LogP contribution in [-0.4, -0.2) is 37.4 Å². The van der Waals surface area contributed by atoms with E-state index in [-0.39, 0.29) is 10.2 Å². The van der Waals surface area contributed by atoms with Crippen LogP contribution < -0.4 is 10.5 Å². The second-order valence-electron chi connectivity index (χ2n) is 6.26. The van der Waals surface area contributed by atoms with Gasteiger partial charge in [0, 0.05) is 13.2 Å². The number of nitrogens with two attached hydrogens (primary N) is 1. The number of thiocarbonyl (C=S) groups is 1. The smallest absolute Gasteiger partial charge is 0.215 e. The Morgan fingerprint density at radius 3 is 2.33 bits per heavy atom. The Morgan fingerprint density at radius 1 is 1.29 bits per heavy atom. The minimum Gasteiger partial charge on any atom is -0.392 e. The van der Waals surface area contributed by atoms with Gasteiger partial charge in [0.25, 0.3) is 0 Å². The van der Waals surface area contributed by atoms with Crippen molar-refractivity contribution in [2.45, 2.75) is 62.7 Å². The molecular formula is C14H26N2O3S2. The highest BCUT2D eigenvalue weighted by Gasteiger charge is 2.42. The van der Waals surface area contributed by atoms with E-state index in [4.69, 9.17) is 22.7 Å². The molecule has 7 heteroatoms. The van der Waals surface area contributed by atoms with E-state index < -0.39 is 15.6 Å². The van der Waals surface area contributed by atoms with Crippen LogP contribution in [0.3, 0.4) is 0 Å². The lowest BCUT2D eigenvalue weighted by Crippen LogP contribution is -2.60. The molecule has 122 valence electrons. The lowest BCUT2D eigenvalue weighted by Gasteiger charge is -2.40. The van der Waals surface area contributed by atoms with Gasteiger partial charge in [0.1, 0.15) is 0 Å². The standard InChI is InChI=1S/C14H26N2O3S2/c1-2-11-3-7-14(8-4-11,13(15)20)16-21(17,18)12-5-9-19-10-6-12/h11-12,16H,2-10H2,1H3,(H2,15,20). The van der Waals surface area contributed by atoms with Gasteiger partial charge in [0.05, 0.1) is 15.8 Å². The van der Waals surface area contributed by atoms with Crippen molar-refractivity contribution >= 4 is 27.2 Å². The molecule has 1 aliphatic heterocycles. The van der Waals surface area contributed by atoms with Gasteiger partial charge in [-0.25, -0.2) is 13.1 Å². The molecule has 0 aromatic carbocycles. The van der Waals surface area contributed by atoms with E-state index in [0.717, 1.165) is 19.3 Å². The molecule has 1 saturated carbocycles. The number of hydrogen-bond acceptors (Lipinski definition) is 4. The molecule has 2 rings (SSSR count). The summed E-state index contributed by atoms with van der Waals surface area (Å²) in [4.78, 5) is 0.285. The van der Waals surface area contributed by atoms with Crippen molar-refractivity contribution in [1.29, 1.82) is 0 Å². The summed E-state index contributed by atoms with van der Waals surface area (Å²) in [5, 5.41) is -0.388. The van der Waals surface area contributed by atoms with Gasteiger partial charge in [-0.3, -0.25) is 0 Å². The zero-order valence-electron chi connectivity index (χ0n) is 12.6. The highest BCUT2D eigenvalue weighted by molar-refractivity contribution is 7.90. The number of nitrogens with one attached hydrogen (secondary N) is 1. The Hall–Kier alpha value is -0.240. The minimum atomic E-state index is -3.41. The van der Waals surface area contributed by atoms with Crippen LogP contribution in [0.1, 0.15) is 51.9 Å². The van der Waals surface area contributed by atoms with Gasteiger partial charge >= 0.3 is 0 Å². The number of ether oxygens (including phenoxy) is 1. The van der Waals surface area contributed by atoms with Crippen molar-refractivity contribution < 1.29 is 13.2 Å². The predicted octanol–water partition coefficient (Wildman–Crippen LogP) is 1.71. The molecule has 0 aromatic rings. The highest BCUT2D eigenvalue weighted by atomic mass is 32.2. The molecule has 0 atom stereocenters. The fraction of sp³-hybridized carbons (Fsp3) is 0.929. The molecule has 1 saturated heterocycles. The number of sulfonamides is 1. The lowest BCUT2D eigenvalue weighted by atomic mass is 9.76. The van der Waals surface area contributed by atoms with Crippen molar-refractivity contribution in [2.75, 3.05) is 13.2 Å². The monoisotopic (exact) mass is 334 g/mol. The fourth-order valence-corrected chi connectivity index (χ4v) is 5.48. The van der Waals surface area contributed by atoms with Crippen molar-refractivity contribution in [3.05, 3.63) is 0 Å². The van der Waals surface area contributed by atoms with Crippen molar-refractivity contribution in [3.63, 3.8) is 0 Å². The quantitative estimate of drug-likeness (QED) is 0.748. The summed E-state index contributed by atoms with van der Waals surface area (Å²) in [5.74, 6) is 0.653. The van der Waals surface area contributed by atoms with Crippen LogP contribution in [0.15, 0.2) is 0 Å². The maximum atomic E-state index is 12.6. The van der Waals surface area contributed by atoms with E-state index in [1.165, 1.54) is 0 Å². The SMILES string of the molecule is CCC1CCC(NS(=O)(=O)C2CCOCC2)(C(N)=S)CC1. The third-order valence-electron chi connectivity index (χ3n) is 4.95. The molecule has 0 radical (unpaired) electrons. The van der Waals surface area contributed by atoms with E-state index >= 15 is 0 Å². The van der Waals surface area contributed by atoms with Crippen LogP contribution >= 0.6 is 12.2 Å². The van der Waals surface area contributed by atoms with Crippen molar-refractivity contribution in [1.82, 2.24) is 4.72 Å². The van der Waals surface area contributed by atoms with E-state index in [1.54, 1.807) is 0 Å². The molecule has 5 nitrogen and oxygen atoms in total. The Labute approximate surface area is 133 Å². The maximum Gasteiger partial charge on any atom is 0.215 e. The van der Waals surface area contributed by atoms with Crippen molar-refractivity contribution in [2.24, 2.45) is 11.7 Å². The van der Waals surface area contributed by atoms with E-state index in [9.17, 15) is 8.42 Å². The van der Waals surface area contributed by atoms with Gasteiger partial charge in [0.15, 0.2) is 0 Å². The first kappa shape index (κ1) is 17.1. The minimum absolute atomic E-state index is 0.285. The second kappa shape index (κ2) is 6.89. The van der Waals surface area contributed by atoms with Crippen LogP contribution in [0.4, 0.5) is 0 Å². The van der Waals surface area contributed by atoms with Gasteiger partial charge in [0.2, 0.25) is 10.0 Å². The summed E-state index contributed by atoms with van der Waals surface area (Å²) < 4.78 is 33.4. The van der Waals surface area contributed by atoms with Crippen LogP contribution in [0.2, 0.25) is 0 Å². The average Bonchev–Trinajstić information content (AvgIpc) is 2.48. The van der Waals surface area contributed by atoms with Gasteiger partial charge in [-0.2, -0.15) is 0 Å². The molecule has 1 heterocycles. The van der Waals surface area contributed by atoms with Gasteiger partial charge in [-0.15, -0.1) is 0 Å². The number of hydrogen-bond donors (Lipinski definition) is 2. The van der Waals surface area contributed by atoms with Crippen molar-refractivity contribution in [3.8, 4) is 0 Å². The maximum absolute atomic E-state index is 12.6. The molecule has 0 bridgehead atoms. The molecule has 1 aliphatic carbocycles. The Balaban J connectivity index is 2.11. The van der Waals surface area contributed by atoms with Gasteiger partial charge in [-0.05, 0) is 44.4 Å². The highest BCUT2D eigenvalue weighted by Crippen LogP contribution is 2.35. The topological polar surface area (TPSA) is 81.4 Å². The van der Waals surface area contributed by atoms with Gasteiger partial charge in [-0.1, -0.05) is 25.6 Å².